The van der Waals surface area contributed by atoms with Crippen LogP contribution in [-0.2, 0) is 0 Å². The first-order valence-electron chi connectivity index (χ1n) is 9.70. The van der Waals surface area contributed by atoms with Gasteiger partial charge in [-0.1, -0.05) is 42.5 Å². The number of ether oxygens (including phenoxy) is 1. The Bertz CT molecular complexity index is 776. The monoisotopic (exact) mass is 377 g/mol. The van der Waals surface area contributed by atoms with Crippen molar-refractivity contribution in [1.82, 2.24) is 9.80 Å². The molecule has 1 heterocycles. The molecule has 0 saturated carbocycles. The molecule has 1 unspecified atom stereocenters. The van der Waals surface area contributed by atoms with Gasteiger partial charge in [0.2, 0.25) is 0 Å². The van der Waals surface area contributed by atoms with Crippen LogP contribution in [0.1, 0.15) is 11.1 Å². The Balaban J connectivity index is 1.33. The summed E-state index contributed by atoms with van der Waals surface area (Å²) >= 11 is 0. The Morgan fingerprint density at radius 3 is 2.36 bits per heavy atom. The van der Waals surface area contributed by atoms with Crippen molar-refractivity contribution in [3.63, 3.8) is 0 Å². The van der Waals surface area contributed by atoms with Gasteiger partial charge in [-0.2, -0.15) is 5.26 Å². The molecule has 146 valence electrons. The molecule has 1 N–H and O–H groups in total. The first-order chi connectivity index (χ1) is 13.7. The molecule has 0 spiro atoms. The Morgan fingerprint density at radius 1 is 1.00 bits per heavy atom. The minimum absolute atomic E-state index is 0.256. The van der Waals surface area contributed by atoms with E-state index in [0.717, 1.165) is 32.7 Å². The minimum Gasteiger partial charge on any atom is -0.491 e. The molecule has 0 aliphatic carbocycles. The number of nitriles is 1. The second kappa shape index (κ2) is 10.6. The van der Waals surface area contributed by atoms with Crippen LogP contribution in [0.2, 0.25) is 0 Å². The van der Waals surface area contributed by atoms with Gasteiger partial charge in [-0.3, -0.25) is 9.80 Å². The Hall–Kier alpha value is -2.65. The number of hydrogen-bond acceptors (Lipinski definition) is 5. The van der Waals surface area contributed by atoms with Crippen molar-refractivity contribution >= 4 is 6.08 Å². The molecule has 0 amide bonds. The summed E-state index contributed by atoms with van der Waals surface area (Å²) in [4.78, 5) is 4.71. The second-order valence-electron chi connectivity index (χ2n) is 7.02. The predicted molar refractivity (Wildman–Crippen MR) is 111 cm³/mol. The number of β-amino-alcohol motifs (C(OH)–C–C–N with tert-alkyl or cyclic N) is 1. The molecule has 0 radical (unpaired) electrons. The van der Waals surface area contributed by atoms with Crippen LogP contribution in [0.3, 0.4) is 0 Å². The lowest BCUT2D eigenvalue weighted by Crippen LogP contribution is -2.49. The third kappa shape index (κ3) is 6.50. The van der Waals surface area contributed by atoms with Gasteiger partial charge in [-0.05, 0) is 29.8 Å². The number of hydrogen-bond donors (Lipinski definition) is 1. The molecule has 2 aromatic rings. The molecule has 0 aromatic heterocycles. The summed E-state index contributed by atoms with van der Waals surface area (Å²) in [5.41, 5.74) is 1.83. The number of benzene rings is 2. The van der Waals surface area contributed by atoms with Gasteiger partial charge in [0.15, 0.2) is 0 Å². The van der Waals surface area contributed by atoms with E-state index in [1.165, 1.54) is 5.56 Å². The average Bonchev–Trinajstić information content (AvgIpc) is 2.75. The quantitative estimate of drug-likeness (QED) is 0.766. The molecule has 1 aliphatic heterocycles. The molecule has 1 fully saturated rings. The largest absolute Gasteiger partial charge is 0.491 e. The summed E-state index contributed by atoms with van der Waals surface area (Å²) in [6, 6.07) is 19.4. The Labute approximate surface area is 167 Å². The normalized spacial score (nSPS) is 16.7. The standard InChI is InChI=1S/C23H27N3O2/c24-17-21-8-10-23(11-9-21)28-19-22(27)18-26-15-13-25(14-16-26)12-4-7-20-5-2-1-3-6-20/h1-11,22,27H,12-16,18-19H2/b7-4+. The lowest BCUT2D eigenvalue weighted by atomic mass is 10.2. The third-order valence-corrected chi connectivity index (χ3v) is 4.83. The number of nitrogens with zero attached hydrogens (tertiary/aromatic N) is 3. The van der Waals surface area contributed by atoms with Crippen molar-refractivity contribution in [2.75, 3.05) is 45.9 Å². The molecular weight excluding hydrogens is 350 g/mol. The van der Waals surface area contributed by atoms with E-state index in [1.807, 2.05) is 6.07 Å². The average molecular weight is 377 g/mol. The summed E-state index contributed by atoms with van der Waals surface area (Å²) in [7, 11) is 0. The maximum atomic E-state index is 10.3. The molecule has 5 nitrogen and oxygen atoms in total. The van der Waals surface area contributed by atoms with E-state index in [9.17, 15) is 5.11 Å². The first kappa shape index (κ1) is 20.1. The molecule has 1 atom stereocenters. The number of rotatable bonds is 8. The van der Waals surface area contributed by atoms with Gasteiger partial charge in [0.25, 0.3) is 0 Å². The van der Waals surface area contributed by atoms with Crippen LogP contribution < -0.4 is 4.74 Å². The first-order valence-corrected chi connectivity index (χ1v) is 9.70. The van der Waals surface area contributed by atoms with E-state index < -0.39 is 6.10 Å². The molecule has 0 bridgehead atoms. The van der Waals surface area contributed by atoms with Crippen LogP contribution in [0.15, 0.2) is 60.7 Å². The van der Waals surface area contributed by atoms with Gasteiger partial charge in [-0.15, -0.1) is 0 Å². The van der Waals surface area contributed by atoms with Crippen molar-refractivity contribution < 1.29 is 9.84 Å². The molecular formula is C23H27N3O2. The van der Waals surface area contributed by atoms with Gasteiger partial charge < -0.3 is 9.84 Å². The summed E-state index contributed by atoms with van der Waals surface area (Å²) in [5.74, 6) is 0.674. The molecule has 1 aliphatic rings. The third-order valence-electron chi connectivity index (χ3n) is 4.83. The van der Waals surface area contributed by atoms with Gasteiger partial charge in [-0.25, -0.2) is 0 Å². The maximum Gasteiger partial charge on any atom is 0.119 e. The van der Waals surface area contributed by atoms with Gasteiger partial charge in [0.1, 0.15) is 18.5 Å². The van der Waals surface area contributed by atoms with E-state index in [-0.39, 0.29) is 6.61 Å². The van der Waals surface area contributed by atoms with E-state index in [2.05, 4.69) is 52.3 Å². The summed E-state index contributed by atoms with van der Waals surface area (Å²) < 4.78 is 5.62. The van der Waals surface area contributed by atoms with Crippen LogP contribution in [-0.4, -0.2) is 66.9 Å². The van der Waals surface area contributed by atoms with E-state index in [0.29, 0.717) is 17.9 Å². The molecule has 3 rings (SSSR count). The zero-order valence-corrected chi connectivity index (χ0v) is 16.1. The lowest BCUT2D eigenvalue weighted by Gasteiger charge is -2.35. The van der Waals surface area contributed by atoms with Crippen molar-refractivity contribution in [3.05, 3.63) is 71.8 Å². The van der Waals surface area contributed by atoms with Crippen LogP contribution in [0, 0.1) is 11.3 Å². The highest BCUT2D eigenvalue weighted by Gasteiger charge is 2.18. The SMILES string of the molecule is N#Cc1ccc(OCC(O)CN2CCN(C/C=C/c3ccccc3)CC2)cc1. The fourth-order valence-electron chi connectivity index (χ4n) is 3.23. The van der Waals surface area contributed by atoms with Crippen molar-refractivity contribution in [3.8, 4) is 11.8 Å². The molecule has 1 saturated heterocycles. The molecule has 28 heavy (non-hydrogen) atoms. The van der Waals surface area contributed by atoms with Crippen molar-refractivity contribution in [2.24, 2.45) is 0 Å². The number of aliphatic hydroxyl groups is 1. The fourth-order valence-corrected chi connectivity index (χ4v) is 3.23. The molecule has 5 heteroatoms. The van der Waals surface area contributed by atoms with Crippen LogP contribution in [0.25, 0.3) is 6.08 Å². The number of aliphatic hydroxyl groups excluding tert-OH is 1. The van der Waals surface area contributed by atoms with Gasteiger partial charge in [0, 0.05) is 39.3 Å². The van der Waals surface area contributed by atoms with E-state index in [1.54, 1.807) is 24.3 Å². The zero-order chi connectivity index (χ0) is 19.6. The maximum absolute atomic E-state index is 10.3. The highest BCUT2D eigenvalue weighted by Crippen LogP contribution is 2.12. The number of piperazine rings is 1. The lowest BCUT2D eigenvalue weighted by molar-refractivity contribution is 0.0482. The van der Waals surface area contributed by atoms with Crippen LogP contribution >= 0.6 is 0 Å². The summed E-state index contributed by atoms with van der Waals surface area (Å²) in [6.45, 7) is 5.73. The van der Waals surface area contributed by atoms with E-state index >= 15 is 0 Å². The smallest absolute Gasteiger partial charge is 0.119 e. The topological polar surface area (TPSA) is 59.7 Å². The minimum atomic E-state index is -0.528. The Morgan fingerprint density at radius 2 is 1.68 bits per heavy atom. The van der Waals surface area contributed by atoms with E-state index in [4.69, 9.17) is 10.00 Å². The second-order valence-corrected chi connectivity index (χ2v) is 7.02. The highest BCUT2D eigenvalue weighted by atomic mass is 16.5. The summed E-state index contributed by atoms with van der Waals surface area (Å²) in [6.07, 6.45) is 3.85. The van der Waals surface area contributed by atoms with Crippen molar-refractivity contribution in [1.29, 1.82) is 5.26 Å². The Kier molecular flexibility index (Phi) is 7.62. The predicted octanol–water partition coefficient (Wildman–Crippen LogP) is 2.63. The van der Waals surface area contributed by atoms with Gasteiger partial charge >= 0.3 is 0 Å². The fraction of sp³-hybridized carbons (Fsp3) is 0.348. The van der Waals surface area contributed by atoms with Crippen molar-refractivity contribution in [2.45, 2.75) is 6.10 Å². The summed E-state index contributed by atoms with van der Waals surface area (Å²) in [5, 5.41) is 19.1. The zero-order valence-electron chi connectivity index (χ0n) is 16.1. The molecule has 2 aromatic carbocycles. The van der Waals surface area contributed by atoms with Gasteiger partial charge in [0.05, 0.1) is 11.6 Å². The highest BCUT2D eigenvalue weighted by molar-refractivity contribution is 5.48. The van der Waals surface area contributed by atoms with Crippen LogP contribution in [0.4, 0.5) is 0 Å². The van der Waals surface area contributed by atoms with Crippen LogP contribution in [0.5, 0.6) is 5.75 Å².